The highest BCUT2D eigenvalue weighted by atomic mass is 79.9. The number of hydrogen-bond acceptors (Lipinski definition) is 7. The summed E-state index contributed by atoms with van der Waals surface area (Å²) in [5.41, 5.74) is -0.411. The lowest BCUT2D eigenvalue weighted by Gasteiger charge is -2.44. The first-order valence-electron chi connectivity index (χ1n) is 6.42. The average molecular weight is 378 g/mol. The second-order valence-corrected chi connectivity index (χ2v) is 7.61. The number of amidine groups is 1. The number of ether oxygens (including phenoxy) is 1. The molecule has 0 bridgehead atoms. The maximum absolute atomic E-state index is 9.34. The van der Waals surface area contributed by atoms with Crippen LogP contribution in [0.15, 0.2) is 15.0 Å². The number of halogens is 1. The number of fused-ring (bicyclic) bond motifs is 1. The van der Waals surface area contributed by atoms with Gasteiger partial charge in [0.25, 0.3) is 0 Å². The van der Waals surface area contributed by atoms with Crippen LogP contribution in [-0.4, -0.2) is 47.4 Å². The molecule has 1 aromatic heterocycles. The maximum Gasteiger partial charge on any atom is 0.157 e. The summed E-state index contributed by atoms with van der Waals surface area (Å²) >= 11 is 6.76. The van der Waals surface area contributed by atoms with E-state index in [1.807, 2.05) is 12.4 Å². The van der Waals surface area contributed by atoms with Crippen LogP contribution in [0, 0.1) is 5.92 Å². The summed E-state index contributed by atoms with van der Waals surface area (Å²) in [5, 5.41) is 16.4. The molecule has 110 valence electrons. The maximum atomic E-state index is 9.34. The Hall–Kier alpha value is -0.150. The number of nitrogens with zero attached hydrogens (tertiary/aromatic N) is 2. The summed E-state index contributed by atoms with van der Waals surface area (Å²) in [4.78, 5) is 9.47. The topological polar surface area (TPSA) is 66.7 Å². The van der Waals surface area contributed by atoms with Crippen molar-refractivity contribution < 1.29 is 9.84 Å². The zero-order valence-corrected chi connectivity index (χ0v) is 14.2. The van der Waals surface area contributed by atoms with Gasteiger partial charge in [0.2, 0.25) is 0 Å². The highest BCUT2D eigenvalue weighted by Crippen LogP contribution is 2.47. The fourth-order valence-corrected chi connectivity index (χ4v) is 5.26. The first-order chi connectivity index (χ1) is 9.68. The van der Waals surface area contributed by atoms with E-state index in [1.165, 1.54) is 0 Å². The number of rotatable bonds is 2. The number of thiazole rings is 1. The van der Waals surface area contributed by atoms with Crippen LogP contribution in [0.5, 0.6) is 0 Å². The molecule has 0 saturated carbocycles. The van der Waals surface area contributed by atoms with Gasteiger partial charge < -0.3 is 15.2 Å². The minimum absolute atomic E-state index is 0.0708. The number of nitrogens with one attached hydrogen (secondary N) is 1. The van der Waals surface area contributed by atoms with Gasteiger partial charge in [0, 0.05) is 24.1 Å². The van der Waals surface area contributed by atoms with Crippen molar-refractivity contribution in [2.24, 2.45) is 10.9 Å². The number of aliphatic imine (C=N–C) groups is 1. The molecule has 1 fully saturated rings. The first-order valence-corrected chi connectivity index (χ1v) is 9.08. The van der Waals surface area contributed by atoms with Crippen LogP contribution in [0.4, 0.5) is 0 Å². The summed E-state index contributed by atoms with van der Waals surface area (Å²) in [6.45, 7) is 0.552. The molecule has 0 aliphatic carbocycles. The molecule has 0 aromatic carbocycles. The summed E-state index contributed by atoms with van der Waals surface area (Å²) in [7, 11) is 1.89. The zero-order valence-electron chi connectivity index (χ0n) is 11.0. The molecule has 3 rings (SSSR count). The van der Waals surface area contributed by atoms with Crippen LogP contribution in [0.1, 0.15) is 11.4 Å². The highest BCUT2D eigenvalue weighted by Gasteiger charge is 2.50. The molecule has 0 unspecified atom stereocenters. The number of aliphatic hydroxyl groups excluding tert-OH is 1. The average Bonchev–Trinajstić information content (AvgIpc) is 2.93. The lowest BCUT2D eigenvalue weighted by Crippen LogP contribution is -2.50. The van der Waals surface area contributed by atoms with Gasteiger partial charge in [-0.3, -0.25) is 0 Å². The van der Waals surface area contributed by atoms with Crippen LogP contribution in [0.2, 0.25) is 0 Å². The van der Waals surface area contributed by atoms with Crippen molar-refractivity contribution in [1.29, 1.82) is 0 Å². The van der Waals surface area contributed by atoms with Crippen molar-refractivity contribution in [3.63, 3.8) is 0 Å². The predicted molar refractivity (Wildman–Crippen MR) is 85.4 cm³/mol. The van der Waals surface area contributed by atoms with Crippen LogP contribution < -0.4 is 5.32 Å². The van der Waals surface area contributed by atoms with Crippen molar-refractivity contribution >= 4 is 44.2 Å². The molecule has 0 amide bonds. The summed E-state index contributed by atoms with van der Waals surface area (Å²) < 4.78 is 6.66. The Morgan fingerprint density at radius 3 is 3.15 bits per heavy atom. The molecule has 8 heteroatoms. The van der Waals surface area contributed by atoms with E-state index in [4.69, 9.17) is 9.73 Å². The van der Waals surface area contributed by atoms with Gasteiger partial charge in [-0.05, 0) is 22.4 Å². The molecule has 20 heavy (non-hydrogen) atoms. The van der Waals surface area contributed by atoms with Gasteiger partial charge in [0.15, 0.2) is 5.17 Å². The Balaban J connectivity index is 2.00. The minimum atomic E-state index is -0.411. The van der Waals surface area contributed by atoms with E-state index in [0.717, 1.165) is 27.0 Å². The summed E-state index contributed by atoms with van der Waals surface area (Å²) in [6.07, 6.45) is 0.741. The Labute approximate surface area is 134 Å². The van der Waals surface area contributed by atoms with E-state index in [1.54, 1.807) is 23.1 Å². The number of hydrogen-bond donors (Lipinski definition) is 2. The van der Waals surface area contributed by atoms with Crippen molar-refractivity contribution in [2.45, 2.75) is 18.1 Å². The number of aromatic nitrogens is 1. The van der Waals surface area contributed by atoms with Gasteiger partial charge in [-0.25, -0.2) is 9.98 Å². The van der Waals surface area contributed by atoms with Crippen molar-refractivity contribution in [3.05, 3.63) is 15.0 Å². The van der Waals surface area contributed by atoms with E-state index in [-0.39, 0.29) is 12.7 Å². The Bertz CT molecular complexity index is 525. The largest absolute Gasteiger partial charge is 0.394 e. The van der Waals surface area contributed by atoms with Gasteiger partial charge in [-0.1, -0.05) is 11.8 Å². The molecule has 2 aliphatic rings. The fourth-order valence-electron chi connectivity index (χ4n) is 2.66. The Morgan fingerprint density at radius 2 is 2.50 bits per heavy atom. The van der Waals surface area contributed by atoms with Crippen LogP contribution in [-0.2, 0) is 10.3 Å². The third-order valence-corrected chi connectivity index (χ3v) is 6.60. The van der Waals surface area contributed by atoms with Gasteiger partial charge >= 0.3 is 0 Å². The van der Waals surface area contributed by atoms with Crippen molar-refractivity contribution in [1.82, 2.24) is 10.3 Å². The van der Waals surface area contributed by atoms with Crippen LogP contribution >= 0.6 is 39.0 Å². The Morgan fingerprint density at radius 1 is 1.65 bits per heavy atom. The SMILES string of the molecule is CNC1=N[C@@]2(c3nc(Br)cs3)CO[C@@H](CO)C[C@H]2CS1. The van der Waals surface area contributed by atoms with E-state index >= 15 is 0 Å². The lowest BCUT2D eigenvalue weighted by atomic mass is 9.80. The third kappa shape index (κ3) is 2.52. The van der Waals surface area contributed by atoms with Gasteiger partial charge in [-0.2, -0.15) is 0 Å². The number of thioether (sulfide) groups is 1. The minimum Gasteiger partial charge on any atom is -0.394 e. The molecule has 1 aromatic rings. The third-order valence-electron chi connectivity index (χ3n) is 3.75. The monoisotopic (exact) mass is 377 g/mol. The van der Waals surface area contributed by atoms with E-state index in [9.17, 15) is 5.11 Å². The van der Waals surface area contributed by atoms with Crippen molar-refractivity contribution in [2.75, 3.05) is 26.0 Å². The van der Waals surface area contributed by atoms with Crippen LogP contribution in [0.25, 0.3) is 0 Å². The predicted octanol–water partition coefficient (Wildman–Crippen LogP) is 1.82. The highest BCUT2D eigenvalue weighted by molar-refractivity contribution is 9.10. The lowest BCUT2D eigenvalue weighted by molar-refractivity contribution is -0.0763. The standard InChI is InChI=1S/C12H16BrN3O2S2/c1-14-11-16-12(10-15-9(13)5-19-10)6-18-8(3-17)2-7(12)4-20-11/h5,7-8,17H,2-4,6H2,1H3,(H,14,16)/t7-,8+,12-/m0/s1. The second-order valence-electron chi connectivity index (χ2n) is 4.93. The quantitative estimate of drug-likeness (QED) is 0.822. The molecule has 3 atom stereocenters. The molecule has 0 radical (unpaired) electrons. The number of aliphatic hydroxyl groups is 1. The summed E-state index contributed by atoms with van der Waals surface area (Å²) in [6, 6.07) is 0. The Kier molecular flexibility index (Phi) is 4.37. The van der Waals surface area contributed by atoms with E-state index in [2.05, 4.69) is 26.2 Å². The molecule has 0 spiro atoms. The zero-order chi connectivity index (χ0) is 14.2. The smallest absolute Gasteiger partial charge is 0.157 e. The van der Waals surface area contributed by atoms with E-state index < -0.39 is 5.54 Å². The molecule has 5 nitrogen and oxygen atoms in total. The van der Waals surface area contributed by atoms with Gasteiger partial charge in [0.1, 0.15) is 15.1 Å². The van der Waals surface area contributed by atoms with Crippen molar-refractivity contribution in [3.8, 4) is 0 Å². The van der Waals surface area contributed by atoms with Gasteiger partial charge in [0.05, 0.1) is 19.3 Å². The summed E-state index contributed by atoms with van der Waals surface area (Å²) in [5.74, 6) is 1.31. The second kappa shape index (κ2) is 5.92. The fraction of sp³-hybridized carbons (Fsp3) is 0.667. The molecular weight excluding hydrogens is 362 g/mol. The van der Waals surface area contributed by atoms with Gasteiger partial charge in [-0.15, -0.1) is 11.3 Å². The van der Waals surface area contributed by atoms with Crippen LogP contribution in [0.3, 0.4) is 0 Å². The molecule has 3 heterocycles. The first kappa shape index (κ1) is 14.8. The van der Waals surface area contributed by atoms with E-state index in [0.29, 0.717) is 12.5 Å². The molecule has 1 saturated heterocycles. The molecule has 2 N–H and O–H groups in total. The molecular formula is C12H16BrN3O2S2. The molecule has 2 aliphatic heterocycles. The normalized spacial score (nSPS) is 33.5.